The zero-order chi connectivity index (χ0) is 10.7. The summed E-state index contributed by atoms with van der Waals surface area (Å²) in [4.78, 5) is 3.96. The first kappa shape index (κ1) is 10.6. The normalized spacial score (nSPS) is 26.3. The van der Waals surface area contributed by atoms with Crippen LogP contribution in [-0.2, 0) is 0 Å². The van der Waals surface area contributed by atoms with Crippen LogP contribution < -0.4 is 4.74 Å². The van der Waals surface area contributed by atoms with E-state index in [1.165, 1.54) is 19.0 Å². The molecule has 15 heavy (non-hydrogen) atoms. The monoisotopic (exact) mass is 227 g/mol. The number of ether oxygens (including phenoxy) is 1. The number of nitrogens with zero attached hydrogens (tertiary/aromatic N) is 3. The number of aromatic nitrogens is 3. The quantitative estimate of drug-likeness (QED) is 0.779. The first-order valence-corrected chi connectivity index (χ1v) is 5.63. The van der Waals surface area contributed by atoms with E-state index in [0.717, 1.165) is 18.8 Å². The average Bonchev–Trinajstić information content (AvgIpc) is 2.22. The van der Waals surface area contributed by atoms with E-state index < -0.39 is 0 Å². The summed E-state index contributed by atoms with van der Waals surface area (Å²) in [5.74, 6) is 1.30. The fourth-order valence-corrected chi connectivity index (χ4v) is 1.97. The Kier molecular flexibility index (Phi) is 3.36. The third-order valence-corrected chi connectivity index (χ3v) is 2.92. The summed E-state index contributed by atoms with van der Waals surface area (Å²) in [7, 11) is 0. The molecule has 1 aliphatic rings. The van der Waals surface area contributed by atoms with E-state index in [2.05, 4.69) is 22.1 Å². The number of halogens is 1. The molecule has 1 fully saturated rings. The molecule has 5 heteroatoms. The van der Waals surface area contributed by atoms with E-state index in [9.17, 15) is 0 Å². The molecule has 0 radical (unpaired) electrons. The number of hydrogen-bond acceptors (Lipinski definition) is 4. The molecule has 0 aromatic carbocycles. The second kappa shape index (κ2) is 4.75. The minimum Gasteiger partial charge on any atom is -0.473 e. The second-order valence-electron chi connectivity index (χ2n) is 4.06. The second-order valence-corrected chi connectivity index (χ2v) is 4.40. The molecule has 1 heterocycles. The van der Waals surface area contributed by atoms with Crippen molar-refractivity contribution >= 4 is 11.6 Å². The van der Waals surface area contributed by atoms with Gasteiger partial charge in [-0.1, -0.05) is 6.92 Å². The van der Waals surface area contributed by atoms with Crippen LogP contribution in [0.2, 0.25) is 5.28 Å². The zero-order valence-electron chi connectivity index (χ0n) is 8.69. The molecule has 1 aromatic rings. The van der Waals surface area contributed by atoms with Crippen LogP contribution in [0.5, 0.6) is 5.88 Å². The predicted molar refractivity (Wildman–Crippen MR) is 56.9 cm³/mol. The lowest BCUT2D eigenvalue weighted by Crippen LogP contribution is -2.23. The van der Waals surface area contributed by atoms with Crippen LogP contribution in [0.3, 0.4) is 0 Å². The van der Waals surface area contributed by atoms with Gasteiger partial charge in [0.25, 0.3) is 0 Å². The maximum Gasteiger partial charge on any atom is 0.246 e. The summed E-state index contributed by atoms with van der Waals surface area (Å²) in [6.45, 7) is 2.28. The van der Waals surface area contributed by atoms with E-state index in [1.807, 2.05) is 0 Å². The van der Waals surface area contributed by atoms with Crippen molar-refractivity contribution in [1.82, 2.24) is 15.2 Å². The maximum atomic E-state index is 5.69. The third-order valence-electron chi connectivity index (χ3n) is 2.76. The molecular formula is C10H14ClN3O. The van der Waals surface area contributed by atoms with Gasteiger partial charge in [0.05, 0.1) is 0 Å². The van der Waals surface area contributed by atoms with Gasteiger partial charge < -0.3 is 4.74 Å². The highest BCUT2D eigenvalue weighted by Gasteiger charge is 2.20. The van der Waals surface area contributed by atoms with E-state index in [4.69, 9.17) is 16.3 Å². The van der Waals surface area contributed by atoms with E-state index >= 15 is 0 Å². The fourth-order valence-electron chi connectivity index (χ4n) is 1.84. The Bertz CT molecular complexity index is 326. The number of hydrogen-bond donors (Lipinski definition) is 0. The van der Waals surface area contributed by atoms with Gasteiger partial charge in [-0.15, -0.1) is 5.10 Å². The van der Waals surface area contributed by atoms with Crippen molar-refractivity contribution in [3.8, 4) is 5.88 Å². The van der Waals surface area contributed by atoms with Crippen LogP contribution in [0, 0.1) is 5.92 Å². The first-order valence-electron chi connectivity index (χ1n) is 5.26. The lowest BCUT2D eigenvalue weighted by Gasteiger charge is -2.26. The Morgan fingerprint density at radius 2 is 2.07 bits per heavy atom. The smallest absolute Gasteiger partial charge is 0.246 e. The summed E-state index contributed by atoms with van der Waals surface area (Å²) in [6.07, 6.45) is 6.37. The van der Waals surface area contributed by atoms with Gasteiger partial charge in [-0.2, -0.15) is 10.1 Å². The van der Waals surface area contributed by atoms with Gasteiger partial charge in [0.2, 0.25) is 11.2 Å². The van der Waals surface area contributed by atoms with Crippen LogP contribution in [0.25, 0.3) is 0 Å². The molecule has 82 valence electrons. The van der Waals surface area contributed by atoms with Gasteiger partial charge in [-0.05, 0) is 43.2 Å². The molecule has 0 saturated heterocycles. The minimum atomic E-state index is 0.136. The Labute approximate surface area is 94.0 Å². The summed E-state index contributed by atoms with van der Waals surface area (Å²) in [5, 5.41) is 7.40. The fraction of sp³-hybridized carbons (Fsp3) is 0.700. The highest BCUT2D eigenvalue weighted by Crippen LogP contribution is 2.26. The Hall–Kier alpha value is -0.900. The van der Waals surface area contributed by atoms with Gasteiger partial charge in [0.15, 0.2) is 0 Å². The predicted octanol–water partition coefficient (Wildman–Crippen LogP) is 2.48. The van der Waals surface area contributed by atoms with Crippen LogP contribution in [0.1, 0.15) is 32.6 Å². The lowest BCUT2D eigenvalue weighted by molar-refractivity contribution is 0.129. The standard InChI is InChI=1S/C10H14ClN3O/c1-7-2-4-8(5-3-7)15-9-6-12-14-10(11)13-9/h6-8H,2-5H2,1H3. The van der Waals surface area contributed by atoms with Gasteiger partial charge in [0.1, 0.15) is 12.3 Å². The van der Waals surface area contributed by atoms with Crippen molar-refractivity contribution in [1.29, 1.82) is 0 Å². The van der Waals surface area contributed by atoms with Gasteiger partial charge in [-0.3, -0.25) is 0 Å². The Balaban J connectivity index is 1.92. The Morgan fingerprint density at radius 3 is 2.73 bits per heavy atom. The van der Waals surface area contributed by atoms with Crippen LogP contribution in [-0.4, -0.2) is 21.3 Å². The zero-order valence-corrected chi connectivity index (χ0v) is 9.44. The van der Waals surface area contributed by atoms with Gasteiger partial charge in [-0.25, -0.2) is 0 Å². The molecule has 0 atom stereocenters. The summed E-state index contributed by atoms with van der Waals surface area (Å²) < 4.78 is 5.69. The van der Waals surface area contributed by atoms with Crippen LogP contribution >= 0.6 is 11.6 Å². The van der Waals surface area contributed by atoms with Crippen molar-refractivity contribution in [2.24, 2.45) is 5.92 Å². The van der Waals surface area contributed by atoms with E-state index in [0.29, 0.717) is 5.88 Å². The molecule has 0 bridgehead atoms. The van der Waals surface area contributed by atoms with Crippen molar-refractivity contribution in [2.45, 2.75) is 38.7 Å². The molecule has 2 rings (SSSR count). The summed E-state index contributed by atoms with van der Waals surface area (Å²) >= 11 is 5.62. The molecule has 1 aromatic heterocycles. The van der Waals surface area contributed by atoms with E-state index in [1.54, 1.807) is 0 Å². The Morgan fingerprint density at radius 1 is 1.33 bits per heavy atom. The first-order chi connectivity index (χ1) is 7.24. The minimum absolute atomic E-state index is 0.136. The molecule has 0 amide bonds. The van der Waals surface area contributed by atoms with E-state index in [-0.39, 0.29) is 11.4 Å². The highest BCUT2D eigenvalue weighted by atomic mass is 35.5. The van der Waals surface area contributed by atoms with Crippen molar-refractivity contribution < 1.29 is 4.74 Å². The molecular weight excluding hydrogens is 214 g/mol. The van der Waals surface area contributed by atoms with Gasteiger partial charge in [0, 0.05) is 0 Å². The van der Waals surface area contributed by atoms with Crippen molar-refractivity contribution in [3.63, 3.8) is 0 Å². The topological polar surface area (TPSA) is 47.9 Å². The van der Waals surface area contributed by atoms with Crippen molar-refractivity contribution in [3.05, 3.63) is 11.5 Å². The highest BCUT2D eigenvalue weighted by molar-refractivity contribution is 6.28. The molecule has 4 nitrogen and oxygen atoms in total. The molecule has 0 unspecified atom stereocenters. The lowest BCUT2D eigenvalue weighted by atomic mass is 9.89. The molecule has 0 spiro atoms. The molecule has 0 N–H and O–H groups in total. The summed E-state index contributed by atoms with van der Waals surface area (Å²) in [5.41, 5.74) is 0. The van der Waals surface area contributed by atoms with Crippen LogP contribution in [0.4, 0.5) is 0 Å². The average molecular weight is 228 g/mol. The SMILES string of the molecule is CC1CCC(Oc2cnnc(Cl)n2)CC1. The molecule has 1 aliphatic carbocycles. The summed E-state index contributed by atoms with van der Waals surface area (Å²) in [6, 6.07) is 0. The van der Waals surface area contributed by atoms with Crippen molar-refractivity contribution in [2.75, 3.05) is 0 Å². The molecule has 0 aliphatic heterocycles. The van der Waals surface area contributed by atoms with Gasteiger partial charge >= 0.3 is 0 Å². The van der Waals surface area contributed by atoms with Crippen LogP contribution in [0.15, 0.2) is 6.20 Å². The third kappa shape index (κ3) is 3.02. The number of rotatable bonds is 2. The molecule has 1 saturated carbocycles. The maximum absolute atomic E-state index is 5.69. The largest absolute Gasteiger partial charge is 0.473 e.